The Kier molecular flexibility index (Phi) is 5.05. The number of rotatable bonds is 5. The number of piperazine rings is 1. The molecule has 7 heteroatoms. The fourth-order valence-electron chi connectivity index (χ4n) is 2.55. The third-order valence-electron chi connectivity index (χ3n) is 3.70. The van der Waals surface area contributed by atoms with Crippen molar-refractivity contribution < 1.29 is 13.2 Å². The molecule has 1 aliphatic heterocycles. The molecule has 0 saturated carbocycles. The van der Waals surface area contributed by atoms with Gasteiger partial charge in [-0.05, 0) is 18.1 Å². The largest absolute Gasteiger partial charge is 0.357 e. The van der Waals surface area contributed by atoms with E-state index in [1.165, 1.54) is 4.31 Å². The van der Waals surface area contributed by atoms with Crippen LogP contribution in [0, 0.1) is 0 Å². The molecule has 0 N–H and O–H groups in total. The summed E-state index contributed by atoms with van der Waals surface area (Å²) in [6.45, 7) is 3.63. The van der Waals surface area contributed by atoms with Gasteiger partial charge >= 0.3 is 0 Å². The number of hydrogen-bond donors (Lipinski definition) is 0. The van der Waals surface area contributed by atoms with Crippen molar-refractivity contribution in [3.8, 4) is 0 Å². The predicted molar refractivity (Wildman–Crippen MR) is 81.3 cm³/mol. The summed E-state index contributed by atoms with van der Waals surface area (Å²) in [6, 6.07) is 1.93. The number of carbonyl (C=O) groups excluding carboxylic acids is 1. The Hall–Kier alpha value is -1.34. The van der Waals surface area contributed by atoms with Gasteiger partial charge in [-0.2, -0.15) is 4.31 Å². The van der Waals surface area contributed by atoms with Crippen molar-refractivity contribution in [2.24, 2.45) is 7.05 Å². The first-order valence-corrected chi connectivity index (χ1v) is 8.89. The fraction of sp³-hybridized carbons (Fsp3) is 0.643. The average molecular weight is 313 g/mol. The fourth-order valence-corrected chi connectivity index (χ4v) is 4.05. The SMILES string of the molecule is CCCS(=O)(=O)N1CCN(C(=O)Cc2ccn(C)c2)CC1. The minimum absolute atomic E-state index is 0.0636. The zero-order chi connectivity index (χ0) is 15.5. The summed E-state index contributed by atoms with van der Waals surface area (Å²) in [5.74, 6) is 0.249. The van der Waals surface area contributed by atoms with Gasteiger partial charge in [0.1, 0.15) is 0 Å². The molecule has 1 aliphatic rings. The Balaban J connectivity index is 1.87. The summed E-state index contributed by atoms with van der Waals surface area (Å²) in [7, 11) is -1.22. The van der Waals surface area contributed by atoms with E-state index in [0.717, 1.165) is 5.56 Å². The lowest BCUT2D eigenvalue weighted by Crippen LogP contribution is -2.51. The van der Waals surface area contributed by atoms with Gasteiger partial charge in [0, 0.05) is 45.6 Å². The van der Waals surface area contributed by atoms with Crippen molar-refractivity contribution in [3.63, 3.8) is 0 Å². The van der Waals surface area contributed by atoms with Crippen LogP contribution in [-0.4, -0.2) is 60.0 Å². The first kappa shape index (κ1) is 16.0. The van der Waals surface area contributed by atoms with E-state index in [4.69, 9.17) is 0 Å². The van der Waals surface area contributed by atoms with Crippen LogP contribution in [0.4, 0.5) is 0 Å². The minimum atomic E-state index is -3.15. The first-order chi connectivity index (χ1) is 9.92. The maximum absolute atomic E-state index is 12.2. The number of amides is 1. The van der Waals surface area contributed by atoms with Gasteiger partial charge in [-0.15, -0.1) is 0 Å². The Morgan fingerprint density at radius 1 is 1.24 bits per heavy atom. The zero-order valence-electron chi connectivity index (χ0n) is 12.7. The lowest BCUT2D eigenvalue weighted by molar-refractivity contribution is -0.131. The molecule has 1 fully saturated rings. The van der Waals surface area contributed by atoms with Gasteiger partial charge in [0.2, 0.25) is 15.9 Å². The molecule has 1 aromatic heterocycles. The highest BCUT2D eigenvalue weighted by Crippen LogP contribution is 2.11. The van der Waals surface area contributed by atoms with Gasteiger partial charge in [0.15, 0.2) is 0 Å². The lowest BCUT2D eigenvalue weighted by atomic mass is 10.2. The van der Waals surface area contributed by atoms with Gasteiger partial charge in [0.05, 0.1) is 12.2 Å². The van der Waals surface area contributed by atoms with E-state index in [9.17, 15) is 13.2 Å². The highest BCUT2D eigenvalue weighted by Gasteiger charge is 2.28. The average Bonchev–Trinajstić information content (AvgIpc) is 2.84. The van der Waals surface area contributed by atoms with Crippen molar-refractivity contribution >= 4 is 15.9 Å². The van der Waals surface area contributed by atoms with Crippen LogP contribution in [0.15, 0.2) is 18.5 Å². The van der Waals surface area contributed by atoms with E-state index in [1.807, 2.05) is 37.0 Å². The van der Waals surface area contributed by atoms with Crippen LogP contribution in [0.25, 0.3) is 0 Å². The maximum atomic E-state index is 12.2. The normalized spacial score (nSPS) is 17.1. The molecule has 2 rings (SSSR count). The maximum Gasteiger partial charge on any atom is 0.227 e. The molecule has 0 aliphatic carbocycles. The van der Waals surface area contributed by atoms with E-state index in [0.29, 0.717) is 39.0 Å². The van der Waals surface area contributed by atoms with Gasteiger partial charge in [-0.25, -0.2) is 8.42 Å². The summed E-state index contributed by atoms with van der Waals surface area (Å²) in [6.07, 6.45) is 4.84. The number of aromatic nitrogens is 1. The van der Waals surface area contributed by atoms with Crippen LogP contribution in [0.1, 0.15) is 18.9 Å². The van der Waals surface area contributed by atoms with Crippen molar-refractivity contribution in [1.29, 1.82) is 0 Å². The van der Waals surface area contributed by atoms with E-state index >= 15 is 0 Å². The lowest BCUT2D eigenvalue weighted by Gasteiger charge is -2.34. The number of carbonyl (C=O) groups is 1. The second-order valence-corrected chi connectivity index (χ2v) is 7.55. The van der Waals surface area contributed by atoms with E-state index < -0.39 is 10.0 Å². The Labute approximate surface area is 126 Å². The topological polar surface area (TPSA) is 62.6 Å². The summed E-state index contributed by atoms with van der Waals surface area (Å²) in [5, 5.41) is 0. The zero-order valence-corrected chi connectivity index (χ0v) is 13.5. The highest BCUT2D eigenvalue weighted by atomic mass is 32.2. The molecule has 0 aromatic carbocycles. The molecule has 0 bridgehead atoms. The Morgan fingerprint density at radius 2 is 1.90 bits per heavy atom. The second-order valence-electron chi connectivity index (χ2n) is 5.46. The minimum Gasteiger partial charge on any atom is -0.357 e. The van der Waals surface area contributed by atoms with Crippen LogP contribution >= 0.6 is 0 Å². The molecule has 2 heterocycles. The molecule has 118 valence electrons. The number of sulfonamides is 1. The third kappa shape index (κ3) is 4.07. The van der Waals surface area contributed by atoms with Gasteiger partial charge in [-0.1, -0.05) is 6.92 Å². The van der Waals surface area contributed by atoms with Crippen LogP contribution in [0.5, 0.6) is 0 Å². The molecular formula is C14H23N3O3S. The standard InChI is InChI=1S/C14H23N3O3S/c1-3-10-21(19,20)17-8-6-16(7-9-17)14(18)11-13-4-5-15(2)12-13/h4-5,12H,3,6-11H2,1-2H3. The second kappa shape index (κ2) is 6.62. The molecule has 0 spiro atoms. The quantitative estimate of drug-likeness (QED) is 0.793. The third-order valence-corrected chi connectivity index (χ3v) is 5.77. The monoisotopic (exact) mass is 313 g/mol. The van der Waals surface area contributed by atoms with Crippen molar-refractivity contribution in [2.45, 2.75) is 19.8 Å². The molecule has 6 nitrogen and oxygen atoms in total. The van der Waals surface area contributed by atoms with E-state index in [2.05, 4.69) is 0 Å². The molecule has 1 saturated heterocycles. The summed E-state index contributed by atoms with van der Waals surface area (Å²) in [4.78, 5) is 14.0. The van der Waals surface area contributed by atoms with Crippen LogP contribution < -0.4 is 0 Å². The summed E-state index contributed by atoms with van der Waals surface area (Å²) in [5.41, 5.74) is 0.989. The van der Waals surface area contributed by atoms with Crippen LogP contribution in [-0.2, 0) is 28.3 Å². The Bertz CT molecular complexity index is 586. The van der Waals surface area contributed by atoms with Gasteiger partial charge < -0.3 is 9.47 Å². The van der Waals surface area contributed by atoms with Gasteiger partial charge in [0.25, 0.3) is 0 Å². The molecule has 1 amide bonds. The summed E-state index contributed by atoms with van der Waals surface area (Å²) >= 11 is 0. The van der Waals surface area contributed by atoms with Crippen molar-refractivity contribution in [3.05, 3.63) is 24.0 Å². The number of hydrogen-bond acceptors (Lipinski definition) is 3. The Morgan fingerprint density at radius 3 is 2.43 bits per heavy atom. The number of nitrogens with zero attached hydrogens (tertiary/aromatic N) is 3. The molecule has 1 aromatic rings. The van der Waals surface area contributed by atoms with Crippen molar-refractivity contribution in [1.82, 2.24) is 13.8 Å². The first-order valence-electron chi connectivity index (χ1n) is 7.29. The van der Waals surface area contributed by atoms with Crippen molar-refractivity contribution in [2.75, 3.05) is 31.9 Å². The van der Waals surface area contributed by atoms with Crippen LogP contribution in [0.3, 0.4) is 0 Å². The van der Waals surface area contributed by atoms with E-state index in [-0.39, 0.29) is 11.7 Å². The highest BCUT2D eigenvalue weighted by molar-refractivity contribution is 7.89. The smallest absolute Gasteiger partial charge is 0.227 e. The molecule has 0 unspecified atom stereocenters. The van der Waals surface area contributed by atoms with E-state index in [1.54, 1.807) is 4.90 Å². The molecule has 0 atom stereocenters. The van der Waals surface area contributed by atoms with Gasteiger partial charge in [-0.3, -0.25) is 4.79 Å². The number of aryl methyl sites for hydroxylation is 1. The molecular weight excluding hydrogens is 290 g/mol. The molecule has 21 heavy (non-hydrogen) atoms. The van der Waals surface area contributed by atoms with Crippen LogP contribution in [0.2, 0.25) is 0 Å². The molecule has 0 radical (unpaired) electrons. The predicted octanol–water partition coefficient (Wildman–Crippen LogP) is 0.452. The summed E-state index contributed by atoms with van der Waals surface area (Å²) < 4.78 is 27.4.